The third-order valence-electron chi connectivity index (χ3n) is 4.08. The minimum Gasteiger partial charge on any atom is -0.392 e. The summed E-state index contributed by atoms with van der Waals surface area (Å²) >= 11 is 0. The van der Waals surface area contributed by atoms with E-state index < -0.39 is 10.0 Å². The van der Waals surface area contributed by atoms with Gasteiger partial charge in [-0.25, -0.2) is 13.1 Å². The van der Waals surface area contributed by atoms with Crippen LogP contribution >= 0.6 is 0 Å². The van der Waals surface area contributed by atoms with Gasteiger partial charge in [0.1, 0.15) is 0 Å². The summed E-state index contributed by atoms with van der Waals surface area (Å²) in [6.07, 6.45) is 4.03. The lowest BCUT2D eigenvalue weighted by molar-refractivity contribution is 0.212. The fourth-order valence-electron chi connectivity index (χ4n) is 3.13. The van der Waals surface area contributed by atoms with Gasteiger partial charge in [0.15, 0.2) is 0 Å². The van der Waals surface area contributed by atoms with Gasteiger partial charge in [-0.15, -0.1) is 0 Å². The van der Waals surface area contributed by atoms with Gasteiger partial charge in [-0.3, -0.25) is 0 Å². The van der Waals surface area contributed by atoms with Crippen LogP contribution in [0.1, 0.15) is 50.7 Å². The van der Waals surface area contributed by atoms with Crippen molar-refractivity contribution in [3.05, 3.63) is 35.4 Å². The number of hydrogen-bond acceptors (Lipinski definition) is 3. The summed E-state index contributed by atoms with van der Waals surface area (Å²) < 4.78 is 27.5. The standard InChI is InChI=1S/C16H25NO3S/c1-16(2)8-4-7-15(10-16)17-21(19,20)12-14-6-3-5-13(9-14)11-18/h3,5-6,9,15,17-18H,4,7-8,10-12H2,1-2H3. The molecule has 4 nitrogen and oxygen atoms in total. The number of rotatable bonds is 5. The lowest BCUT2D eigenvalue weighted by Gasteiger charge is -2.35. The molecule has 1 aliphatic carbocycles. The number of sulfonamides is 1. The van der Waals surface area contributed by atoms with Crippen molar-refractivity contribution in [2.45, 2.75) is 57.9 Å². The van der Waals surface area contributed by atoms with Crippen LogP contribution in [-0.4, -0.2) is 19.6 Å². The Bertz CT molecular complexity index is 581. The van der Waals surface area contributed by atoms with Gasteiger partial charge in [-0.1, -0.05) is 44.5 Å². The van der Waals surface area contributed by atoms with Crippen LogP contribution in [0.3, 0.4) is 0 Å². The molecular formula is C16H25NO3S. The first-order valence-corrected chi connectivity index (χ1v) is 9.14. The van der Waals surface area contributed by atoms with Crippen molar-refractivity contribution in [1.82, 2.24) is 4.72 Å². The third kappa shape index (κ3) is 5.09. The van der Waals surface area contributed by atoms with Crippen molar-refractivity contribution >= 4 is 10.0 Å². The Hall–Kier alpha value is -0.910. The Balaban J connectivity index is 2.01. The number of aliphatic hydroxyl groups is 1. The van der Waals surface area contributed by atoms with Crippen LogP contribution in [0.15, 0.2) is 24.3 Å². The van der Waals surface area contributed by atoms with Crippen molar-refractivity contribution in [2.24, 2.45) is 5.41 Å². The minimum atomic E-state index is -3.34. The summed E-state index contributed by atoms with van der Waals surface area (Å²) in [5, 5.41) is 9.11. The molecular weight excluding hydrogens is 286 g/mol. The summed E-state index contributed by atoms with van der Waals surface area (Å²) in [4.78, 5) is 0. The van der Waals surface area contributed by atoms with Gasteiger partial charge in [0.2, 0.25) is 10.0 Å². The van der Waals surface area contributed by atoms with Gasteiger partial charge in [0.05, 0.1) is 12.4 Å². The average Bonchev–Trinajstić information content (AvgIpc) is 2.36. The fourth-order valence-corrected chi connectivity index (χ4v) is 4.54. The van der Waals surface area contributed by atoms with E-state index in [9.17, 15) is 8.42 Å². The van der Waals surface area contributed by atoms with Gasteiger partial charge in [-0.05, 0) is 35.8 Å². The number of hydrogen-bond donors (Lipinski definition) is 2. The number of nitrogens with one attached hydrogen (secondary N) is 1. The molecule has 1 atom stereocenters. The topological polar surface area (TPSA) is 66.4 Å². The predicted molar refractivity (Wildman–Crippen MR) is 84.2 cm³/mol. The maximum absolute atomic E-state index is 12.3. The van der Waals surface area contributed by atoms with E-state index in [4.69, 9.17) is 5.11 Å². The highest BCUT2D eigenvalue weighted by molar-refractivity contribution is 7.88. The van der Waals surface area contributed by atoms with Crippen LogP contribution in [0.5, 0.6) is 0 Å². The van der Waals surface area contributed by atoms with Gasteiger partial charge in [-0.2, -0.15) is 0 Å². The van der Waals surface area contributed by atoms with Crippen molar-refractivity contribution in [3.8, 4) is 0 Å². The summed E-state index contributed by atoms with van der Waals surface area (Å²) in [5.41, 5.74) is 1.66. The zero-order valence-electron chi connectivity index (χ0n) is 12.8. The molecule has 0 aromatic heterocycles. The fraction of sp³-hybridized carbons (Fsp3) is 0.625. The molecule has 118 valence electrons. The highest BCUT2D eigenvalue weighted by Gasteiger charge is 2.30. The van der Waals surface area contributed by atoms with Crippen molar-refractivity contribution in [3.63, 3.8) is 0 Å². The first kappa shape index (κ1) is 16.5. The average molecular weight is 311 g/mol. The zero-order valence-corrected chi connectivity index (χ0v) is 13.6. The van der Waals surface area contributed by atoms with E-state index in [1.54, 1.807) is 24.3 Å². The van der Waals surface area contributed by atoms with Crippen LogP contribution in [0.2, 0.25) is 0 Å². The highest BCUT2D eigenvalue weighted by atomic mass is 32.2. The van der Waals surface area contributed by atoms with E-state index in [1.165, 1.54) is 0 Å². The molecule has 0 radical (unpaired) electrons. The Labute approximate surface area is 127 Å². The molecule has 0 heterocycles. The highest BCUT2D eigenvalue weighted by Crippen LogP contribution is 2.35. The smallest absolute Gasteiger partial charge is 0.216 e. The summed E-state index contributed by atoms with van der Waals surface area (Å²) in [7, 11) is -3.34. The first-order chi connectivity index (χ1) is 9.80. The molecule has 2 N–H and O–H groups in total. The van der Waals surface area contributed by atoms with E-state index >= 15 is 0 Å². The quantitative estimate of drug-likeness (QED) is 0.878. The lowest BCUT2D eigenvalue weighted by atomic mass is 9.75. The zero-order chi connectivity index (χ0) is 15.5. The number of benzene rings is 1. The van der Waals surface area contributed by atoms with Crippen LogP contribution in [0, 0.1) is 5.41 Å². The van der Waals surface area contributed by atoms with E-state index in [2.05, 4.69) is 18.6 Å². The molecule has 5 heteroatoms. The summed E-state index contributed by atoms with van der Waals surface area (Å²) in [6.45, 7) is 4.31. The second-order valence-electron chi connectivity index (χ2n) is 6.81. The normalized spacial score (nSPS) is 22.1. The second-order valence-corrected chi connectivity index (χ2v) is 8.57. The maximum Gasteiger partial charge on any atom is 0.216 e. The molecule has 0 saturated heterocycles. The monoisotopic (exact) mass is 311 g/mol. The molecule has 0 aliphatic heterocycles. The third-order valence-corrected chi connectivity index (χ3v) is 5.49. The van der Waals surface area contributed by atoms with Gasteiger partial charge in [0, 0.05) is 6.04 Å². The number of aliphatic hydroxyl groups excluding tert-OH is 1. The summed E-state index contributed by atoms with van der Waals surface area (Å²) in [5.74, 6) is -0.0300. The molecule has 0 spiro atoms. The van der Waals surface area contributed by atoms with E-state index in [1.807, 2.05) is 0 Å². The molecule has 1 unspecified atom stereocenters. The summed E-state index contributed by atoms with van der Waals surface area (Å²) in [6, 6.07) is 7.13. The van der Waals surface area contributed by atoms with E-state index in [0.717, 1.165) is 31.2 Å². The molecule has 1 aromatic rings. The van der Waals surface area contributed by atoms with Crippen LogP contribution in [0.25, 0.3) is 0 Å². The molecule has 2 rings (SSSR count). The Kier molecular flexibility index (Phi) is 5.07. The lowest BCUT2D eigenvalue weighted by Crippen LogP contribution is -2.41. The van der Waals surface area contributed by atoms with Gasteiger partial charge in [0.25, 0.3) is 0 Å². The van der Waals surface area contributed by atoms with Crippen molar-refractivity contribution in [1.29, 1.82) is 0 Å². The molecule has 0 bridgehead atoms. The predicted octanol–water partition coefficient (Wildman–Crippen LogP) is 2.57. The van der Waals surface area contributed by atoms with E-state index in [-0.39, 0.29) is 23.8 Å². The molecule has 1 fully saturated rings. The van der Waals surface area contributed by atoms with Crippen LogP contribution < -0.4 is 4.72 Å². The van der Waals surface area contributed by atoms with Crippen molar-refractivity contribution < 1.29 is 13.5 Å². The Morgan fingerprint density at radius 2 is 2.05 bits per heavy atom. The first-order valence-electron chi connectivity index (χ1n) is 7.48. The molecule has 0 amide bonds. The van der Waals surface area contributed by atoms with E-state index in [0.29, 0.717) is 5.56 Å². The molecule has 1 saturated carbocycles. The minimum absolute atomic E-state index is 0.0300. The van der Waals surface area contributed by atoms with Crippen LogP contribution in [-0.2, 0) is 22.4 Å². The Morgan fingerprint density at radius 3 is 2.71 bits per heavy atom. The maximum atomic E-state index is 12.3. The van der Waals surface area contributed by atoms with Gasteiger partial charge >= 0.3 is 0 Å². The molecule has 21 heavy (non-hydrogen) atoms. The van der Waals surface area contributed by atoms with Crippen LogP contribution in [0.4, 0.5) is 0 Å². The largest absolute Gasteiger partial charge is 0.392 e. The molecule has 1 aromatic carbocycles. The Morgan fingerprint density at radius 1 is 1.33 bits per heavy atom. The SMILES string of the molecule is CC1(C)CCCC(NS(=O)(=O)Cc2cccc(CO)c2)C1. The van der Waals surface area contributed by atoms with Crippen molar-refractivity contribution in [2.75, 3.05) is 0 Å². The second kappa shape index (κ2) is 6.46. The molecule has 1 aliphatic rings. The van der Waals surface area contributed by atoms with Gasteiger partial charge < -0.3 is 5.11 Å².